The number of aliphatic hydroxyl groups excluding tert-OH is 22. The van der Waals surface area contributed by atoms with Crippen molar-refractivity contribution in [3.63, 3.8) is 0 Å². The van der Waals surface area contributed by atoms with Gasteiger partial charge < -0.3 is 194 Å². The predicted octanol–water partition coefficient (Wildman–Crippen LogP) is -16.3. The van der Waals surface area contributed by atoms with E-state index in [1.807, 2.05) is 0 Å². The second-order valence-corrected chi connectivity index (χ2v) is 23.5. The van der Waals surface area contributed by atoms with Crippen molar-refractivity contribution in [3.05, 3.63) is 0 Å². The van der Waals surface area contributed by atoms with Crippen LogP contribution in [-0.4, -0.2) is 409 Å². The van der Waals surface area contributed by atoms with Crippen LogP contribution in [0.4, 0.5) is 0 Å². The van der Waals surface area contributed by atoms with Gasteiger partial charge in [0.1, 0.15) is 183 Å². The lowest BCUT2D eigenvalue weighted by Gasteiger charge is -2.52. The number of hydrogen-bond donors (Lipinski definition) is 24. The molecule has 7 heterocycles. The van der Waals surface area contributed by atoms with Crippen molar-refractivity contribution in [3.8, 4) is 0 Å². The molecule has 7 aliphatic rings. The molecule has 0 unspecified atom stereocenters. The van der Waals surface area contributed by atoms with Crippen LogP contribution in [0.5, 0.6) is 0 Å². The van der Waals surface area contributed by atoms with Crippen LogP contribution < -0.4 is 10.6 Å². The molecule has 0 aliphatic carbocycles. The Hall–Kier alpha value is -2.83. The Labute approximate surface area is 527 Å². The van der Waals surface area contributed by atoms with Gasteiger partial charge in [0.2, 0.25) is 11.8 Å². The van der Waals surface area contributed by atoms with Crippen molar-refractivity contribution < 1.29 is 193 Å². The van der Waals surface area contributed by atoms with Gasteiger partial charge in [-0.1, -0.05) is 0 Å². The van der Waals surface area contributed by atoms with E-state index in [1.165, 1.54) is 13.8 Å². The van der Waals surface area contributed by atoms with Crippen LogP contribution in [0.1, 0.15) is 27.7 Å². The summed E-state index contributed by atoms with van der Waals surface area (Å²) in [4.78, 5) is 38.2. The highest BCUT2D eigenvalue weighted by molar-refractivity contribution is 5.73. The molecule has 7 saturated heterocycles. The van der Waals surface area contributed by atoms with Crippen LogP contribution in [0.15, 0.2) is 0 Å². The first kappa shape index (κ1) is 77.5. The summed E-state index contributed by atoms with van der Waals surface area (Å²) in [6.07, 6.45) is -75.6. The molecule has 7 fully saturated rings. The van der Waals surface area contributed by atoms with Crippen molar-refractivity contribution in [1.29, 1.82) is 0 Å². The average molecular weight is 1370 g/mol. The first-order valence-electron chi connectivity index (χ1n) is 29.6. The number of nitrogens with one attached hydrogen (secondary N) is 2. The largest absolute Gasteiger partial charge is 0.394 e. The van der Waals surface area contributed by atoms with Gasteiger partial charge in [0.15, 0.2) is 50.3 Å². The summed E-state index contributed by atoms with van der Waals surface area (Å²) in [5.74, 6) is -1.93. The van der Waals surface area contributed by atoms with E-state index in [0.29, 0.717) is 0 Å². The fourth-order valence-electron chi connectivity index (χ4n) is 11.6. The zero-order valence-corrected chi connectivity index (χ0v) is 50.1. The van der Waals surface area contributed by atoms with Gasteiger partial charge in [-0.25, -0.2) is 0 Å². The van der Waals surface area contributed by atoms with Crippen LogP contribution in [0.2, 0.25) is 0 Å². The van der Waals surface area contributed by atoms with E-state index >= 15 is 0 Å². The van der Waals surface area contributed by atoms with Crippen LogP contribution in [0.25, 0.3) is 0 Å². The Kier molecular flexibility index (Phi) is 28.2. The van der Waals surface area contributed by atoms with Gasteiger partial charge in [0.25, 0.3) is 0 Å². The summed E-state index contributed by atoms with van der Waals surface area (Å²) in [5.41, 5.74) is 0. The van der Waals surface area contributed by atoms with Crippen LogP contribution in [0.3, 0.4) is 0 Å². The molecule has 7 aliphatic heterocycles. The summed E-state index contributed by atoms with van der Waals surface area (Å²) in [5, 5.41) is 244. The monoisotopic (exact) mass is 1360 g/mol. The highest BCUT2D eigenvalue weighted by Gasteiger charge is 2.60. The Bertz CT molecular complexity index is 2330. The minimum Gasteiger partial charge on any atom is -0.394 e. The maximum atomic E-state index is 13.3. The zero-order valence-electron chi connectivity index (χ0n) is 50.1. The molecular formula is C52H88N2O39. The van der Waals surface area contributed by atoms with Gasteiger partial charge in [-0.15, -0.1) is 0 Å². The summed E-state index contributed by atoms with van der Waals surface area (Å²) < 4.78 is 83.3. The lowest BCUT2D eigenvalue weighted by molar-refractivity contribution is -0.391. The highest BCUT2D eigenvalue weighted by atomic mass is 16.8. The van der Waals surface area contributed by atoms with Gasteiger partial charge in [-0.05, 0) is 13.8 Å². The zero-order chi connectivity index (χ0) is 68.9. The number of hydrogen-bond acceptors (Lipinski definition) is 39. The van der Waals surface area contributed by atoms with E-state index in [2.05, 4.69) is 10.6 Å². The Morgan fingerprint density at radius 1 is 0.409 bits per heavy atom. The van der Waals surface area contributed by atoms with E-state index in [1.54, 1.807) is 0 Å². The molecule has 93 heavy (non-hydrogen) atoms. The third-order valence-electron chi connectivity index (χ3n) is 16.9. The van der Waals surface area contributed by atoms with Gasteiger partial charge >= 0.3 is 0 Å². The minimum atomic E-state index is -2.52. The summed E-state index contributed by atoms with van der Waals surface area (Å²) in [6, 6.07) is -3.89. The SMILES string of the molecule is CC(=O)N[C@H]1[C@H](O[C@H]2[C@@H](O)[C@@H](CO[C@@H]3O[C@H](CO)[C@@H](O[C@@H]4O[C@H](CO)[C@H](O)[C@H](O)[C@H]4O)[C@H](O[C@@H]4O[C@@H](C)[C@@H](O)[C@@H](O)[C@@H]4O)[C@H]3NC(C)=O)O[C@@H](O[C@@H]([C@H](O)[C@@H](O)C=O)[C@H](O)CO)[C@@H]2O)O[C@H](CO)[C@@H](O[C@@H]2O[C@@H](C)[C@@H](O)[C@@H](O)[C@@H]2O)[C@@H]1O[C@@H]1O[C@H](CO)[C@H](O)[C@H](O)[C@H]1O. The van der Waals surface area contributed by atoms with Crippen LogP contribution in [-0.2, 0) is 80.7 Å². The second-order valence-electron chi connectivity index (χ2n) is 23.5. The maximum Gasteiger partial charge on any atom is 0.217 e. The number of amides is 2. The molecule has 0 aromatic heterocycles. The molecule has 0 spiro atoms. The van der Waals surface area contributed by atoms with E-state index < -0.39 is 291 Å². The van der Waals surface area contributed by atoms with Crippen molar-refractivity contribution in [2.24, 2.45) is 0 Å². The predicted molar refractivity (Wildman–Crippen MR) is 286 cm³/mol. The van der Waals surface area contributed by atoms with Gasteiger partial charge in [-0.2, -0.15) is 0 Å². The fraction of sp³-hybridized carbons (Fsp3) is 0.942. The first-order valence-corrected chi connectivity index (χ1v) is 29.6. The fourth-order valence-corrected chi connectivity index (χ4v) is 11.6. The molecule has 0 radical (unpaired) electrons. The molecular weight excluding hydrogens is 1280 g/mol. The summed E-state index contributed by atoms with van der Waals surface area (Å²) in [6.45, 7) is -2.32. The van der Waals surface area contributed by atoms with E-state index in [0.717, 1.165) is 13.8 Å². The third kappa shape index (κ3) is 17.3. The molecule has 7 rings (SSSR count). The first-order chi connectivity index (χ1) is 43.9. The van der Waals surface area contributed by atoms with E-state index in [9.17, 15) is 127 Å². The second kappa shape index (κ2) is 33.8. The van der Waals surface area contributed by atoms with Gasteiger partial charge in [-0.3, -0.25) is 9.59 Å². The van der Waals surface area contributed by atoms with E-state index in [-0.39, 0.29) is 6.29 Å². The van der Waals surface area contributed by atoms with Crippen LogP contribution >= 0.6 is 0 Å². The molecule has 0 saturated carbocycles. The Balaban J connectivity index is 1.29. The lowest BCUT2D eigenvalue weighted by Crippen LogP contribution is -2.71. The van der Waals surface area contributed by atoms with Crippen LogP contribution in [0, 0.1) is 0 Å². The number of carbonyl (C=O) groups excluding carboxylic acids is 3. The van der Waals surface area contributed by atoms with Gasteiger partial charge in [0.05, 0.1) is 51.8 Å². The molecule has 24 N–H and O–H groups in total. The normalized spacial score (nSPS) is 48.0. The van der Waals surface area contributed by atoms with Crippen molar-refractivity contribution in [1.82, 2.24) is 10.6 Å². The molecule has 540 valence electrons. The van der Waals surface area contributed by atoms with Gasteiger partial charge in [0, 0.05) is 13.8 Å². The minimum absolute atomic E-state index is 0.207. The number of aldehydes is 1. The number of aliphatic hydroxyl groups is 22. The average Bonchev–Trinajstić information content (AvgIpc) is 0.778. The van der Waals surface area contributed by atoms with Crippen molar-refractivity contribution in [2.45, 2.75) is 267 Å². The Morgan fingerprint density at radius 3 is 1.16 bits per heavy atom. The summed E-state index contributed by atoms with van der Waals surface area (Å²) >= 11 is 0. The molecule has 0 aromatic carbocycles. The number of rotatable bonds is 26. The number of ether oxygens (including phenoxy) is 14. The highest BCUT2D eigenvalue weighted by Crippen LogP contribution is 2.39. The lowest BCUT2D eigenvalue weighted by atomic mass is 9.93. The smallest absolute Gasteiger partial charge is 0.217 e. The molecule has 2 amide bonds. The standard InChI is InChI=1S/C52H88N2O39/c1-12-25(65)31(71)35(75)48(81-12)89-42-21(10-60)86-47(24(54-15(4)62)44(42)92-51-38(78)34(74)29(69)19(8-58)84-51)93-45-30(70)22(87-52(39(45)79)88-40(17(64)6-56)27(67)16(63)5-55)11-80-46-23(53-14(3)61)43(91-49-36(76)32(72)26(66)13(2)82-49)41(20(9-59)85-46)90-50-37(77)33(73)28(68)18(7-57)83-50/h5,12-13,16-52,56-60,63-79H,6-11H2,1-4H3,(H,53,61)(H,54,62)/t12-,13-,16-,17+,18+,19+,20+,21+,22+,23+,24+,25+,26+,27+,28-,29-,30-,31+,32+,33-,34-,35-,36-,37+,38+,39+,40+,41+,42+,43+,44+,45-,46+,47-,48-,49-,50-,51-,52-/m0/s1. The molecule has 39 atom stereocenters. The van der Waals surface area contributed by atoms with Crippen molar-refractivity contribution in [2.75, 3.05) is 39.6 Å². The molecule has 41 nitrogen and oxygen atoms in total. The third-order valence-corrected chi connectivity index (χ3v) is 16.9. The van der Waals surface area contributed by atoms with E-state index in [4.69, 9.17) is 66.3 Å². The number of carbonyl (C=O) groups is 3. The van der Waals surface area contributed by atoms with Crippen molar-refractivity contribution >= 4 is 18.1 Å². The topological polar surface area (TPSA) is 650 Å². The quantitative estimate of drug-likeness (QED) is 0.0358. The molecule has 0 aromatic rings. The summed E-state index contributed by atoms with van der Waals surface area (Å²) in [7, 11) is 0. The molecule has 41 heteroatoms. The Morgan fingerprint density at radius 2 is 0.763 bits per heavy atom. The molecule has 0 bridgehead atoms. The maximum absolute atomic E-state index is 13.3.